The Labute approximate surface area is 93.9 Å². The minimum Gasteiger partial charge on any atom is -0.383 e. The second-order valence-corrected chi connectivity index (χ2v) is 2.78. The highest BCUT2D eigenvalue weighted by Gasteiger charge is 2.11. The van der Waals surface area contributed by atoms with Crippen molar-refractivity contribution in [3.8, 4) is 0 Å². The monoisotopic (exact) mass is 259 g/mol. The van der Waals surface area contributed by atoms with Crippen LogP contribution in [0.4, 0.5) is 5.69 Å². The molecule has 0 saturated carbocycles. The number of hydrogen-bond donors (Lipinski definition) is 2. The van der Waals surface area contributed by atoms with Gasteiger partial charge < -0.3 is 10.4 Å². The molecule has 0 saturated heterocycles. The van der Waals surface area contributed by atoms with Crippen LogP contribution in [-0.2, 0) is 4.79 Å². The smallest absolute Gasteiger partial charge is 0.253 e. The number of hydrogen-bond acceptors (Lipinski definition) is 2. The van der Waals surface area contributed by atoms with Gasteiger partial charge in [0.1, 0.15) is 6.10 Å². The zero-order valence-corrected chi connectivity index (χ0v) is 9.65. The quantitative estimate of drug-likeness (QED) is 0.872. The molecule has 0 spiro atoms. The molecule has 1 aromatic carbocycles. The molecular weight excluding hydrogens is 246 g/mol. The van der Waals surface area contributed by atoms with Crippen molar-refractivity contribution in [1.82, 2.24) is 0 Å². The Morgan fingerprint density at radius 2 is 2.00 bits per heavy atom. The van der Waals surface area contributed by atoms with Gasteiger partial charge in [0, 0.05) is 5.69 Å². The van der Waals surface area contributed by atoms with E-state index < -0.39 is 6.10 Å². The Balaban J connectivity index is 0.00000169. The molecule has 1 unspecified atom stereocenters. The van der Waals surface area contributed by atoms with Crippen molar-refractivity contribution in [3.63, 3.8) is 0 Å². The first-order chi connectivity index (χ1) is 6.24. The van der Waals surface area contributed by atoms with Crippen LogP contribution in [-0.4, -0.2) is 17.1 Å². The molecule has 1 rings (SSSR count). The van der Waals surface area contributed by atoms with Gasteiger partial charge in [-0.05, 0) is 18.6 Å². The molecule has 78 valence electrons. The molecule has 1 amide bonds. The molecule has 3 nitrogen and oxygen atoms in total. The molecule has 0 radical (unpaired) electrons. The zero-order valence-electron chi connectivity index (χ0n) is 7.93. The summed E-state index contributed by atoms with van der Waals surface area (Å²) in [4.78, 5) is 11.2. The number of aliphatic hydroxyl groups excluding tert-OH is 1. The van der Waals surface area contributed by atoms with Gasteiger partial charge in [-0.15, -0.1) is 17.0 Å². The van der Waals surface area contributed by atoms with Gasteiger partial charge in [0.2, 0.25) is 0 Å². The number of halogens is 1. The Hall–Kier alpha value is -0.870. The van der Waals surface area contributed by atoms with E-state index in [4.69, 9.17) is 0 Å². The lowest BCUT2D eigenvalue weighted by molar-refractivity contribution is -0.124. The maximum absolute atomic E-state index is 11.2. The van der Waals surface area contributed by atoms with E-state index in [9.17, 15) is 9.90 Å². The van der Waals surface area contributed by atoms with Crippen molar-refractivity contribution in [3.05, 3.63) is 30.3 Å². The molecule has 1 aromatic rings. The van der Waals surface area contributed by atoms with Gasteiger partial charge >= 0.3 is 0 Å². The number of anilines is 1. The lowest BCUT2D eigenvalue weighted by Crippen LogP contribution is -2.26. The number of amides is 1. The molecule has 0 fully saturated rings. The summed E-state index contributed by atoms with van der Waals surface area (Å²) < 4.78 is 0. The molecule has 0 aliphatic heterocycles. The maximum Gasteiger partial charge on any atom is 0.253 e. The fourth-order valence-corrected chi connectivity index (χ4v) is 0.932. The van der Waals surface area contributed by atoms with Crippen molar-refractivity contribution in [1.29, 1.82) is 0 Å². The standard InChI is InChI=1S/C10H13NO2.BrH/c1-2-9(12)10(13)11-8-6-4-3-5-7-8;/h3-7,9,12H,2H2,1H3,(H,11,13);1H. The molecule has 0 heterocycles. The van der Waals surface area contributed by atoms with Crippen molar-refractivity contribution >= 4 is 28.6 Å². The number of nitrogens with one attached hydrogen (secondary N) is 1. The predicted molar refractivity (Wildman–Crippen MR) is 61.7 cm³/mol. The molecule has 2 N–H and O–H groups in total. The van der Waals surface area contributed by atoms with Crippen LogP contribution in [0.15, 0.2) is 30.3 Å². The van der Waals surface area contributed by atoms with Gasteiger partial charge in [-0.2, -0.15) is 0 Å². The van der Waals surface area contributed by atoms with Crippen molar-refractivity contribution in [2.75, 3.05) is 5.32 Å². The van der Waals surface area contributed by atoms with Crippen molar-refractivity contribution < 1.29 is 9.90 Å². The van der Waals surface area contributed by atoms with Crippen LogP contribution in [0.5, 0.6) is 0 Å². The highest BCUT2D eigenvalue weighted by atomic mass is 79.9. The lowest BCUT2D eigenvalue weighted by Gasteiger charge is -2.08. The highest BCUT2D eigenvalue weighted by Crippen LogP contribution is 2.05. The van der Waals surface area contributed by atoms with Gasteiger partial charge in [0.05, 0.1) is 0 Å². The molecule has 0 aliphatic rings. The number of carbonyl (C=O) groups excluding carboxylic acids is 1. The van der Waals surface area contributed by atoms with Gasteiger partial charge in [-0.25, -0.2) is 0 Å². The topological polar surface area (TPSA) is 49.3 Å². The molecule has 1 atom stereocenters. The zero-order chi connectivity index (χ0) is 9.68. The number of rotatable bonds is 3. The third kappa shape index (κ3) is 3.89. The summed E-state index contributed by atoms with van der Waals surface area (Å²) in [6.45, 7) is 1.76. The third-order valence-electron chi connectivity index (χ3n) is 1.73. The third-order valence-corrected chi connectivity index (χ3v) is 1.73. The van der Waals surface area contributed by atoms with Gasteiger partial charge in [0.15, 0.2) is 0 Å². The van der Waals surface area contributed by atoms with Crippen LogP contribution >= 0.6 is 17.0 Å². The van der Waals surface area contributed by atoms with E-state index in [0.717, 1.165) is 0 Å². The molecule has 0 bridgehead atoms. The number of benzene rings is 1. The first-order valence-corrected chi connectivity index (χ1v) is 4.28. The summed E-state index contributed by atoms with van der Waals surface area (Å²) in [5.74, 6) is -0.353. The lowest BCUT2D eigenvalue weighted by atomic mass is 10.2. The van der Waals surface area contributed by atoms with Crippen LogP contribution in [0, 0.1) is 0 Å². The fourth-order valence-electron chi connectivity index (χ4n) is 0.932. The van der Waals surface area contributed by atoms with Gasteiger partial charge in [0.25, 0.3) is 5.91 Å². The Bertz CT molecular complexity index is 277. The Kier molecular flexibility index (Phi) is 6.16. The van der Waals surface area contributed by atoms with Crippen molar-refractivity contribution in [2.45, 2.75) is 19.4 Å². The van der Waals surface area contributed by atoms with E-state index in [1.165, 1.54) is 0 Å². The number of para-hydroxylation sites is 1. The number of carbonyl (C=O) groups is 1. The van der Waals surface area contributed by atoms with Crippen LogP contribution in [0.1, 0.15) is 13.3 Å². The molecule has 0 aromatic heterocycles. The average molecular weight is 260 g/mol. The van der Waals surface area contributed by atoms with Gasteiger partial charge in [-0.1, -0.05) is 25.1 Å². The van der Waals surface area contributed by atoms with E-state index in [2.05, 4.69) is 5.32 Å². The van der Waals surface area contributed by atoms with Gasteiger partial charge in [-0.3, -0.25) is 4.79 Å². The minimum absolute atomic E-state index is 0. The Morgan fingerprint density at radius 3 is 2.50 bits per heavy atom. The molecule has 4 heteroatoms. The summed E-state index contributed by atoms with van der Waals surface area (Å²) in [5, 5.41) is 11.8. The van der Waals surface area contributed by atoms with Crippen molar-refractivity contribution in [2.24, 2.45) is 0 Å². The van der Waals surface area contributed by atoms with E-state index >= 15 is 0 Å². The maximum atomic E-state index is 11.2. The SMILES string of the molecule is Br.CCC(O)C(=O)Nc1ccccc1. The minimum atomic E-state index is -0.916. The second kappa shape index (κ2) is 6.56. The summed E-state index contributed by atoms with van der Waals surface area (Å²) in [5.41, 5.74) is 0.708. The summed E-state index contributed by atoms with van der Waals surface area (Å²) in [6, 6.07) is 9.08. The predicted octanol–water partition coefficient (Wildman–Crippen LogP) is 1.97. The van der Waals surface area contributed by atoms with Crippen LogP contribution < -0.4 is 5.32 Å². The van der Waals surface area contributed by atoms with Crippen LogP contribution in [0.3, 0.4) is 0 Å². The van der Waals surface area contributed by atoms with E-state index in [0.29, 0.717) is 12.1 Å². The summed E-state index contributed by atoms with van der Waals surface area (Å²) >= 11 is 0. The number of aliphatic hydroxyl groups is 1. The fraction of sp³-hybridized carbons (Fsp3) is 0.300. The molecular formula is C10H14BrNO2. The Morgan fingerprint density at radius 1 is 1.43 bits per heavy atom. The average Bonchev–Trinajstić information content (AvgIpc) is 2.18. The van der Waals surface area contributed by atoms with E-state index in [1.54, 1.807) is 19.1 Å². The van der Waals surface area contributed by atoms with E-state index in [-0.39, 0.29) is 22.9 Å². The highest BCUT2D eigenvalue weighted by molar-refractivity contribution is 8.93. The van der Waals surface area contributed by atoms with E-state index in [1.807, 2.05) is 18.2 Å². The largest absolute Gasteiger partial charge is 0.383 e. The summed E-state index contributed by atoms with van der Waals surface area (Å²) in [7, 11) is 0. The normalized spacial score (nSPS) is 11.3. The molecule has 14 heavy (non-hydrogen) atoms. The van der Waals surface area contributed by atoms with Crippen LogP contribution in [0.25, 0.3) is 0 Å². The second-order valence-electron chi connectivity index (χ2n) is 2.78. The van der Waals surface area contributed by atoms with Crippen LogP contribution in [0.2, 0.25) is 0 Å². The first-order valence-electron chi connectivity index (χ1n) is 4.28. The molecule has 0 aliphatic carbocycles. The first kappa shape index (κ1) is 13.1. The summed E-state index contributed by atoms with van der Waals surface area (Å²) in [6.07, 6.45) is -0.487.